The number of nitrogens with zero attached hydrogens (tertiary/aromatic N) is 1. The largest absolute Gasteiger partial charge is 0.398 e. The van der Waals surface area contributed by atoms with Crippen LogP contribution in [-0.4, -0.2) is 18.6 Å². The maximum atomic E-state index is 13.1. The monoisotopic (exact) mass is 284 g/mol. The number of nitrogen functional groups attached to an aromatic ring is 1. The van der Waals surface area contributed by atoms with Crippen molar-refractivity contribution < 1.29 is 12.8 Å². The zero-order valence-corrected chi connectivity index (χ0v) is 11.2. The van der Waals surface area contributed by atoms with Gasteiger partial charge in [-0.25, -0.2) is 12.8 Å². The van der Waals surface area contributed by atoms with Crippen LogP contribution in [0.2, 0.25) is 0 Å². The first kappa shape index (κ1) is 13.3. The van der Waals surface area contributed by atoms with Gasteiger partial charge in [0.15, 0.2) is 5.82 Å². The van der Waals surface area contributed by atoms with Crippen LogP contribution in [0.1, 0.15) is 11.3 Å². The summed E-state index contributed by atoms with van der Waals surface area (Å²) in [6, 6.07) is 3.16. The number of benzene rings is 1. The third-order valence-corrected chi connectivity index (χ3v) is 4.14. The molecule has 0 spiro atoms. The van der Waals surface area contributed by atoms with Gasteiger partial charge < -0.3 is 5.73 Å². The molecule has 2 rings (SSSR count). The minimum absolute atomic E-state index is 0.0289. The standard InChI is InChI=1S/C11H13FN4O2S/c1-6-7(2)14-15-11(6)16-19(17,18)10-5-8(12)3-4-9(10)13/h3-5H,13H2,1-2H3,(H2,14,15,16). The molecule has 2 aromatic rings. The van der Waals surface area contributed by atoms with Crippen molar-refractivity contribution >= 4 is 21.5 Å². The van der Waals surface area contributed by atoms with E-state index in [0.29, 0.717) is 5.56 Å². The van der Waals surface area contributed by atoms with Gasteiger partial charge in [-0.15, -0.1) is 0 Å². The van der Waals surface area contributed by atoms with Crippen LogP contribution in [0.5, 0.6) is 0 Å². The zero-order chi connectivity index (χ0) is 14.2. The molecule has 0 unspecified atom stereocenters. The number of aromatic amines is 1. The molecule has 0 aliphatic rings. The molecule has 0 bridgehead atoms. The highest BCUT2D eigenvalue weighted by Gasteiger charge is 2.20. The third-order valence-electron chi connectivity index (χ3n) is 2.75. The Morgan fingerprint density at radius 2 is 2.05 bits per heavy atom. The minimum atomic E-state index is -3.97. The number of hydrogen-bond acceptors (Lipinski definition) is 4. The smallest absolute Gasteiger partial charge is 0.265 e. The van der Waals surface area contributed by atoms with E-state index in [1.165, 1.54) is 6.07 Å². The van der Waals surface area contributed by atoms with Crippen molar-refractivity contribution in [3.8, 4) is 0 Å². The van der Waals surface area contributed by atoms with Gasteiger partial charge >= 0.3 is 0 Å². The topological polar surface area (TPSA) is 101 Å². The highest BCUT2D eigenvalue weighted by molar-refractivity contribution is 7.92. The maximum Gasteiger partial charge on any atom is 0.265 e. The minimum Gasteiger partial charge on any atom is -0.398 e. The number of aromatic nitrogens is 2. The van der Waals surface area contributed by atoms with Gasteiger partial charge in [0.2, 0.25) is 0 Å². The molecule has 0 aliphatic heterocycles. The average molecular weight is 284 g/mol. The van der Waals surface area contributed by atoms with Crippen molar-refractivity contribution in [3.63, 3.8) is 0 Å². The lowest BCUT2D eigenvalue weighted by atomic mass is 10.3. The Kier molecular flexibility index (Phi) is 3.19. The fraction of sp³-hybridized carbons (Fsp3) is 0.182. The van der Waals surface area contributed by atoms with Crippen molar-refractivity contribution in [3.05, 3.63) is 35.3 Å². The maximum absolute atomic E-state index is 13.1. The first-order valence-corrected chi connectivity index (χ1v) is 6.89. The predicted molar refractivity (Wildman–Crippen MR) is 69.7 cm³/mol. The molecule has 0 saturated heterocycles. The highest BCUT2D eigenvalue weighted by Crippen LogP contribution is 2.23. The molecule has 1 aromatic heterocycles. The molecular weight excluding hydrogens is 271 g/mol. The Hall–Kier alpha value is -2.09. The summed E-state index contributed by atoms with van der Waals surface area (Å²) in [5.74, 6) is -0.509. The molecular formula is C11H13FN4O2S. The van der Waals surface area contributed by atoms with E-state index in [1.807, 2.05) is 0 Å². The number of nitrogens with one attached hydrogen (secondary N) is 2. The van der Waals surface area contributed by atoms with Gasteiger partial charge in [-0.2, -0.15) is 5.10 Å². The van der Waals surface area contributed by atoms with Crippen LogP contribution >= 0.6 is 0 Å². The van der Waals surface area contributed by atoms with E-state index in [9.17, 15) is 12.8 Å². The highest BCUT2D eigenvalue weighted by atomic mass is 32.2. The van der Waals surface area contributed by atoms with Crippen molar-refractivity contribution in [2.24, 2.45) is 0 Å². The van der Waals surface area contributed by atoms with Crippen LogP contribution in [-0.2, 0) is 10.0 Å². The molecule has 1 aromatic carbocycles. The summed E-state index contributed by atoms with van der Waals surface area (Å²) in [5.41, 5.74) is 6.94. The molecule has 0 fully saturated rings. The van der Waals surface area contributed by atoms with E-state index in [0.717, 1.165) is 17.8 Å². The van der Waals surface area contributed by atoms with E-state index in [2.05, 4.69) is 14.9 Å². The molecule has 19 heavy (non-hydrogen) atoms. The normalized spacial score (nSPS) is 11.5. The van der Waals surface area contributed by atoms with Crippen molar-refractivity contribution in [1.29, 1.82) is 0 Å². The van der Waals surface area contributed by atoms with E-state index in [-0.39, 0.29) is 16.4 Å². The SMILES string of the molecule is Cc1[nH]nc(NS(=O)(=O)c2cc(F)ccc2N)c1C. The van der Waals surface area contributed by atoms with E-state index >= 15 is 0 Å². The Balaban J connectivity index is 2.43. The fourth-order valence-electron chi connectivity index (χ4n) is 1.51. The number of rotatable bonds is 3. The third kappa shape index (κ3) is 2.53. The molecule has 0 saturated carbocycles. The fourth-order valence-corrected chi connectivity index (χ4v) is 2.72. The van der Waals surface area contributed by atoms with Gasteiger partial charge in [0, 0.05) is 11.3 Å². The van der Waals surface area contributed by atoms with Crippen molar-refractivity contribution in [1.82, 2.24) is 10.2 Å². The summed E-state index contributed by atoms with van der Waals surface area (Å²) >= 11 is 0. The molecule has 0 aliphatic carbocycles. The predicted octanol–water partition coefficient (Wildman–Crippen LogP) is 1.55. The van der Waals surface area contributed by atoms with Gasteiger partial charge in [-0.3, -0.25) is 9.82 Å². The molecule has 4 N–H and O–H groups in total. The Labute approximate surface area is 109 Å². The van der Waals surface area contributed by atoms with E-state index in [4.69, 9.17) is 5.73 Å². The average Bonchev–Trinajstić information content (AvgIpc) is 2.63. The summed E-state index contributed by atoms with van der Waals surface area (Å²) < 4.78 is 39.7. The summed E-state index contributed by atoms with van der Waals surface area (Å²) in [6.07, 6.45) is 0. The lowest BCUT2D eigenvalue weighted by Gasteiger charge is -2.09. The molecule has 1 heterocycles. The quantitative estimate of drug-likeness (QED) is 0.744. The second-order valence-electron chi connectivity index (χ2n) is 4.11. The van der Waals surface area contributed by atoms with Crippen molar-refractivity contribution in [2.75, 3.05) is 10.5 Å². The van der Waals surface area contributed by atoms with E-state index < -0.39 is 15.8 Å². The summed E-state index contributed by atoms with van der Waals surface area (Å²) in [7, 11) is -3.97. The molecule has 102 valence electrons. The Morgan fingerprint density at radius 1 is 1.37 bits per heavy atom. The number of halogens is 1. The van der Waals surface area contributed by atoms with Gasteiger partial charge in [0.25, 0.3) is 10.0 Å². The van der Waals surface area contributed by atoms with Gasteiger partial charge in [0.05, 0.1) is 5.69 Å². The van der Waals surface area contributed by atoms with E-state index in [1.54, 1.807) is 13.8 Å². The number of sulfonamides is 1. The number of nitrogens with two attached hydrogens (primary N) is 1. The summed E-state index contributed by atoms with van der Waals surface area (Å²) in [4.78, 5) is -0.312. The number of aryl methyl sites for hydroxylation is 1. The lowest BCUT2D eigenvalue weighted by molar-refractivity contribution is 0.595. The molecule has 0 radical (unpaired) electrons. The second-order valence-corrected chi connectivity index (χ2v) is 5.76. The summed E-state index contributed by atoms with van der Waals surface area (Å²) in [5, 5.41) is 6.48. The Bertz CT molecular complexity index is 724. The number of hydrogen-bond donors (Lipinski definition) is 3. The van der Waals surface area contributed by atoms with Crippen LogP contribution < -0.4 is 10.5 Å². The Morgan fingerprint density at radius 3 is 2.63 bits per heavy atom. The van der Waals surface area contributed by atoms with Gasteiger partial charge in [-0.05, 0) is 32.0 Å². The van der Waals surface area contributed by atoms with Crippen LogP contribution in [0.3, 0.4) is 0 Å². The lowest BCUT2D eigenvalue weighted by Crippen LogP contribution is -2.16. The van der Waals surface area contributed by atoms with Gasteiger partial charge in [0.1, 0.15) is 10.7 Å². The molecule has 0 amide bonds. The van der Waals surface area contributed by atoms with Crippen LogP contribution in [0.15, 0.2) is 23.1 Å². The summed E-state index contributed by atoms with van der Waals surface area (Å²) in [6.45, 7) is 3.47. The van der Waals surface area contributed by atoms with Crippen LogP contribution in [0.25, 0.3) is 0 Å². The van der Waals surface area contributed by atoms with Gasteiger partial charge in [-0.1, -0.05) is 0 Å². The van der Waals surface area contributed by atoms with Crippen LogP contribution in [0, 0.1) is 19.7 Å². The van der Waals surface area contributed by atoms with Crippen LogP contribution in [0.4, 0.5) is 15.9 Å². The second kappa shape index (κ2) is 4.54. The molecule has 0 atom stereocenters. The number of anilines is 2. The first-order chi connectivity index (χ1) is 8.81. The number of H-pyrrole nitrogens is 1. The van der Waals surface area contributed by atoms with Crippen molar-refractivity contribution in [2.45, 2.75) is 18.7 Å². The zero-order valence-electron chi connectivity index (χ0n) is 10.4. The molecule has 6 nitrogen and oxygen atoms in total. The first-order valence-electron chi connectivity index (χ1n) is 5.40. The molecule has 8 heteroatoms.